The SMILES string of the molecule is C=C(C)C(=O)OCCNC(=O)/C(C#N)=C1/c2ccccc2Sc2ccsc21. The molecule has 0 bridgehead atoms. The molecule has 1 amide bonds. The van der Waals surface area contributed by atoms with Crippen molar-refractivity contribution in [1.82, 2.24) is 5.32 Å². The number of rotatable bonds is 5. The maximum Gasteiger partial charge on any atom is 0.333 e. The van der Waals surface area contributed by atoms with Crippen molar-refractivity contribution >= 4 is 40.5 Å². The first-order chi connectivity index (χ1) is 13.0. The molecule has 27 heavy (non-hydrogen) atoms. The first-order valence-corrected chi connectivity index (χ1v) is 9.83. The molecule has 1 aliphatic heterocycles. The standard InChI is InChI=1S/C20H16N2O3S2/c1-12(2)20(24)25-9-8-22-19(23)14(11-21)17-13-5-3-4-6-15(13)27-16-7-10-26-18(16)17/h3-7,10H,1,8-9H2,2H3,(H,22,23)/b17-14-. The Kier molecular flexibility index (Phi) is 5.79. The molecule has 2 aromatic rings. The van der Waals surface area contributed by atoms with Gasteiger partial charge >= 0.3 is 5.97 Å². The van der Waals surface area contributed by atoms with E-state index in [0.717, 1.165) is 20.2 Å². The number of esters is 1. The van der Waals surface area contributed by atoms with Gasteiger partial charge in [0.05, 0.1) is 11.4 Å². The smallest absolute Gasteiger partial charge is 0.333 e. The molecule has 0 radical (unpaired) electrons. The van der Waals surface area contributed by atoms with Gasteiger partial charge in [-0.15, -0.1) is 11.3 Å². The van der Waals surface area contributed by atoms with Gasteiger partial charge in [-0.1, -0.05) is 36.5 Å². The quantitative estimate of drug-likeness (QED) is 0.307. The summed E-state index contributed by atoms with van der Waals surface area (Å²) >= 11 is 3.13. The molecule has 0 unspecified atom stereocenters. The van der Waals surface area contributed by atoms with Crippen molar-refractivity contribution < 1.29 is 14.3 Å². The number of hydrogen-bond acceptors (Lipinski definition) is 6. The van der Waals surface area contributed by atoms with Crippen molar-refractivity contribution in [3.8, 4) is 6.07 Å². The number of hydrogen-bond donors (Lipinski definition) is 1. The van der Waals surface area contributed by atoms with Crippen LogP contribution in [-0.2, 0) is 14.3 Å². The molecular formula is C20H16N2O3S2. The molecule has 1 aromatic carbocycles. The van der Waals surface area contributed by atoms with Crippen LogP contribution in [0.2, 0.25) is 0 Å². The number of carbonyl (C=O) groups is 2. The topological polar surface area (TPSA) is 79.2 Å². The largest absolute Gasteiger partial charge is 0.460 e. The second-order valence-electron chi connectivity index (χ2n) is 5.75. The predicted molar refractivity (Wildman–Crippen MR) is 105 cm³/mol. The Labute approximate surface area is 165 Å². The van der Waals surface area contributed by atoms with Crippen LogP contribution >= 0.6 is 23.1 Å². The maximum atomic E-state index is 12.6. The molecule has 0 saturated carbocycles. The summed E-state index contributed by atoms with van der Waals surface area (Å²) in [5.74, 6) is -0.996. The average Bonchev–Trinajstić information content (AvgIpc) is 3.13. The van der Waals surface area contributed by atoms with Gasteiger partial charge in [0.2, 0.25) is 0 Å². The van der Waals surface area contributed by atoms with Crippen LogP contribution in [0.4, 0.5) is 0 Å². The van der Waals surface area contributed by atoms with E-state index in [2.05, 4.69) is 18.0 Å². The number of nitrogens with zero attached hydrogens (tertiary/aromatic N) is 1. The molecule has 0 aliphatic carbocycles. The van der Waals surface area contributed by atoms with Crippen LogP contribution in [0.25, 0.3) is 5.57 Å². The summed E-state index contributed by atoms with van der Waals surface area (Å²) < 4.78 is 4.96. The van der Waals surface area contributed by atoms with E-state index < -0.39 is 11.9 Å². The van der Waals surface area contributed by atoms with Crippen LogP contribution in [0.1, 0.15) is 17.4 Å². The minimum absolute atomic E-state index is 0.0160. The highest BCUT2D eigenvalue weighted by atomic mass is 32.2. The summed E-state index contributed by atoms with van der Waals surface area (Å²) in [6.07, 6.45) is 0. The summed E-state index contributed by atoms with van der Waals surface area (Å²) in [5, 5.41) is 14.3. The summed E-state index contributed by atoms with van der Waals surface area (Å²) in [7, 11) is 0. The van der Waals surface area contributed by atoms with Crippen molar-refractivity contribution in [1.29, 1.82) is 5.26 Å². The normalized spacial score (nSPS) is 13.6. The molecule has 1 N–H and O–H groups in total. The lowest BCUT2D eigenvalue weighted by Crippen LogP contribution is -2.29. The van der Waals surface area contributed by atoms with E-state index in [-0.39, 0.29) is 18.7 Å². The lowest BCUT2D eigenvalue weighted by atomic mass is 9.97. The summed E-state index contributed by atoms with van der Waals surface area (Å²) in [6, 6.07) is 11.8. The zero-order valence-corrected chi connectivity index (χ0v) is 16.2. The molecule has 2 heterocycles. The first kappa shape index (κ1) is 19.0. The number of thiophene rings is 1. The highest BCUT2D eigenvalue weighted by molar-refractivity contribution is 7.99. The highest BCUT2D eigenvalue weighted by Gasteiger charge is 2.27. The third-order valence-electron chi connectivity index (χ3n) is 3.79. The molecule has 0 saturated heterocycles. The van der Waals surface area contributed by atoms with Gasteiger partial charge in [-0.2, -0.15) is 5.26 Å². The van der Waals surface area contributed by atoms with Crippen LogP contribution in [-0.4, -0.2) is 25.0 Å². The maximum absolute atomic E-state index is 12.6. The van der Waals surface area contributed by atoms with Crippen LogP contribution in [0.15, 0.2) is 63.2 Å². The lowest BCUT2D eigenvalue weighted by molar-refractivity contribution is -0.139. The fourth-order valence-corrected chi connectivity index (χ4v) is 4.76. The summed E-state index contributed by atoms with van der Waals surface area (Å²) in [5.41, 5.74) is 1.87. The fourth-order valence-electron chi connectivity index (χ4n) is 2.55. The second kappa shape index (κ2) is 8.25. The van der Waals surface area contributed by atoms with E-state index in [4.69, 9.17) is 4.74 Å². The van der Waals surface area contributed by atoms with E-state index in [9.17, 15) is 14.9 Å². The predicted octanol–water partition coefficient (Wildman–Crippen LogP) is 3.77. The van der Waals surface area contributed by atoms with Crippen molar-refractivity contribution in [3.63, 3.8) is 0 Å². The van der Waals surface area contributed by atoms with E-state index >= 15 is 0 Å². The number of nitriles is 1. The second-order valence-corrected chi connectivity index (χ2v) is 7.75. The summed E-state index contributed by atoms with van der Waals surface area (Å²) in [4.78, 5) is 27.0. The van der Waals surface area contributed by atoms with Gasteiger partial charge in [-0.05, 0) is 30.0 Å². The Balaban J connectivity index is 1.86. The van der Waals surface area contributed by atoms with Gasteiger partial charge in [0.1, 0.15) is 18.2 Å². The van der Waals surface area contributed by atoms with E-state index in [0.29, 0.717) is 11.1 Å². The Morgan fingerprint density at radius 3 is 2.78 bits per heavy atom. The van der Waals surface area contributed by atoms with Gasteiger partial charge in [-0.3, -0.25) is 4.79 Å². The van der Waals surface area contributed by atoms with Gasteiger partial charge in [-0.25, -0.2) is 4.79 Å². The average molecular weight is 396 g/mol. The molecule has 1 aliphatic rings. The van der Waals surface area contributed by atoms with Crippen LogP contribution in [0, 0.1) is 11.3 Å². The third kappa shape index (κ3) is 3.97. The molecule has 1 aromatic heterocycles. The number of benzene rings is 1. The number of ether oxygens (including phenoxy) is 1. The lowest BCUT2D eigenvalue weighted by Gasteiger charge is -2.20. The molecular weight excluding hydrogens is 380 g/mol. The van der Waals surface area contributed by atoms with E-state index in [1.165, 1.54) is 11.3 Å². The monoisotopic (exact) mass is 396 g/mol. The van der Waals surface area contributed by atoms with Crippen LogP contribution in [0.5, 0.6) is 0 Å². The first-order valence-electron chi connectivity index (χ1n) is 8.13. The molecule has 7 heteroatoms. The van der Waals surface area contributed by atoms with Gasteiger partial charge < -0.3 is 10.1 Å². The molecule has 5 nitrogen and oxygen atoms in total. The van der Waals surface area contributed by atoms with Crippen molar-refractivity contribution in [2.24, 2.45) is 0 Å². The molecule has 0 atom stereocenters. The molecule has 3 rings (SSSR count). The minimum atomic E-state index is -0.510. The number of fused-ring (bicyclic) bond motifs is 2. The van der Waals surface area contributed by atoms with Gasteiger partial charge in [0, 0.05) is 20.9 Å². The molecule has 0 spiro atoms. The minimum Gasteiger partial charge on any atom is -0.460 e. The van der Waals surface area contributed by atoms with E-state index in [1.807, 2.05) is 35.7 Å². The Hall–Kier alpha value is -2.82. The van der Waals surface area contributed by atoms with Crippen molar-refractivity contribution in [3.05, 3.63) is 63.9 Å². The summed E-state index contributed by atoms with van der Waals surface area (Å²) in [6.45, 7) is 5.18. The number of nitrogens with one attached hydrogen (secondary N) is 1. The van der Waals surface area contributed by atoms with Crippen LogP contribution in [0.3, 0.4) is 0 Å². The molecule has 0 fully saturated rings. The van der Waals surface area contributed by atoms with E-state index in [1.54, 1.807) is 18.7 Å². The Morgan fingerprint density at radius 2 is 2.04 bits per heavy atom. The van der Waals surface area contributed by atoms with Crippen molar-refractivity contribution in [2.75, 3.05) is 13.2 Å². The van der Waals surface area contributed by atoms with Crippen molar-refractivity contribution in [2.45, 2.75) is 16.7 Å². The molecule has 136 valence electrons. The Bertz CT molecular complexity index is 999. The van der Waals surface area contributed by atoms with Gasteiger partial charge in [0.25, 0.3) is 5.91 Å². The zero-order chi connectivity index (χ0) is 19.4. The van der Waals surface area contributed by atoms with Gasteiger partial charge in [0.15, 0.2) is 0 Å². The highest BCUT2D eigenvalue weighted by Crippen LogP contribution is 2.48. The fraction of sp³-hybridized carbons (Fsp3) is 0.150. The number of amides is 1. The Morgan fingerprint density at radius 1 is 1.26 bits per heavy atom. The third-order valence-corrected chi connectivity index (χ3v) is 5.99. The van der Waals surface area contributed by atoms with Crippen LogP contribution < -0.4 is 5.32 Å². The zero-order valence-electron chi connectivity index (χ0n) is 14.6. The number of carbonyl (C=O) groups excluding carboxylic acids is 2.